The molecule has 2 N–H and O–H groups in total. The Bertz CT molecular complexity index is 1020. The van der Waals surface area contributed by atoms with Crippen molar-refractivity contribution in [1.29, 1.82) is 0 Å². The van der Waals surface area contributed by atoms with Gasteiger partial charge in [0.05, 0.1) is 13.7 Å². The zero-order valence-electron chi connectivity index (χ0n) is 15.8. The number of benzene rings is 1. The van der Waals surface area contributed by atoms with Gasteiger partial charge in [-0.05, 0) is 13.0 Å². The van der Waals surface area contributed by atoms with E-state index in [-0.39, 0.29) is 35.7 Å². The van der Waals surface area contributed by atoms with Gasteiger partial charge in [0.25, 0.3) is 11.8 Å². The number of rotatable bonds is 6. The Morgan fingerprint density at radius 2 is 2.10 bits per heavy atom. The van der Waals surface area contributed by atoms with E-state index in [1.54, 1.807) is 6.92 Å². The summed E-state index contributed by atoms with van der Waals surface area (Å²) < 4.78 is 38.6. The van der Waals surface area contributed by atoms with Crippen LogP contribution in [0.4, 0.5) is 8.78 Å². The first-order chi connectivity index (χ1) is 13.8. The van der Waals surface area contributed by atoms with E-state index >= 15 is 0 Å². The van der Waals surface area contributed by atoms with Crippen LogP contribution in [-0.4, -0.2) is 36.3 Å². The summed E-state index contributed by atoms with van der Waals surface area (Å²) in [5.74, 6) is -3.19. The SMILES string of the molecule is CCOC1Cn2cc(C(=O)NCc3ccc(F)cc3F)c(=O)c(OC)c2C(=O)N1. The number of carbonyl (C=O) groups excluding carboxylic acids is 2. The third-order valence-corrected chi connectivity index (χ3v) is 4.38. The van der Waals surface area contributed by atoms with Gasteiger partial charge in [-0.1, -0.05) is 6.07 Å². The standard InChI is InChI=1S/C19H19F2N3O5/c1-3-29-14-9-24-8-12(16(25)17(28-2)15(24)19(27)23-14)18(26)22-7-10-4-5-11(20)6-13(10)21/h4-6,8,14H,3,7,9H2,1-2H3,(H,22,26)(H,23,27). The number of hydrogen-bond acceptors (Lipinski definition) is 5. The molecule has 2 heterocycles. The number of pyridine rings is 1. The van der Waals surface area contributed by atoms with Gasteiger partial charge in [0.15, 0.2) is 11.4 Å². The Kier molecular flexibility index (Phi) is 5.92. The average molecular weight is 407 g/mol. The minimum atomic E-state index is -0.818. The normalized spacial score (nSPS) is 15.4. The average Bonchev–Trinajstić information content (AvgIpc) is 2.67. The van der Waals surface area contributed by atoms with Gasteiger partial charge in [0.1, 0.15) is 23.4 Å². The second-order valence-electron chi connectivity index (χ2n) is 6.24. The molecule has 10 heteroatoms. The fourth-order valence-corrected chi connectivity index (χ4v) is 3.04. The van der Waals surface area contributed by atoms with Gasteiger partial charge in [-0.25, -0.2) is 8.78 Å². The number of hydrogen-bond donors (Lipinski definition) is 2. The summed E-state index contributed by atoms with van der Waals surface area (Å²) in [6.07, 6.45) is 0.609. The van der Waals surface area contributed by atoms with Crippen LogP contribution in [0.15, 0.2) is 29.2 Å². The molecule has 0 bridgehead atoms. The molecule has 29 heavy (non-hydrogen) atoms. The maximum atomic E-state index is 13.7. The highest BCUT2D eigenvalue weighted by molar-refractivity contribution is 5.99. The Morgan fingerprint density at radius 3 is 2.76 bits per heavy atom. The van der Waals surface area contributed by atoms with Crippen LogP contribution < -0.4 is 20.8 Å². The van der Waals surface area contributed by atoms with Gasteiger partial charge in [-0.15, -0.1) is 0 Å². The quantitative estimate of drug-likeness (QED) is 0.749. The lowest BCUT2D eigenvalue weighted by molar-refractivity contribution is 0.0167. The number of aromatic nitrogens is 1. The molecule has 1 aromatic heterocycles. The van der Waals surface area contributed by atoms with Crippen LogP contribution in [-0.2, 0) is 17.8 Å². The molecule has 1 aliphatic heterocycles. The second-order valence-corrected chi connectivity index (χ2v) is 6.24. The molecule has 0 aliphatic carbocycles. The number of nitrogens with zero attached hydrogens (tertiary/aromatic N) is 1. The molecular formula is C19H19F2N3O5. The molecule has 2 aromatic rings. The van der Waals surface area contributed by atoms with E-state index in [9.17, 15) is 23.2 Å². The third-order valence-electron chi connectivity index (χ3n) is 4.38. The molecule has 0 saturated carbocycles. The maximum absolute atomic E-state index is 13.7. The van der Waals surface area contributed by atoms with E-state index < -0.39 is 35.1 Å². The molecule has 0 spiro atoms. The number of halogens is 2. The largest absolute Gasteiger partial charge is 0.491 e. The number of ether oxygens (including phenoxy) is 2. The van der Waals surface area contributed by atoms with Crippen LogP contribution in [0.3, 0.4) is 0 Å². The molecule has 0 saturated heterocycles. The Balaban J connectivity index is 1.91. The smallest absolute Gasteiger partial charge is 0.273 e. The molecule has 154 valence electrons. The van der Waals surface area contributed by atoms with Crippen molar-refractivity contribution in [2.45, 2.75) is 26.2 Å². The first-order valence-electron chi connectivity index (χ1n) is 8.81. The summed E-state index contributed by atoms with van der Waals surface area (Å²) in [6, 6.07) is 2.96. The molecule has 1 aromatic carbocycles. The number of fused-ring (bicyclic) bond motifs is 1. The molecule has 1 atom stereocenters. The van der Waals surface area contributed by atoms with Crippen LogP contribution in [0.2, 0.25) is 0 Å². The van der Waals surface area contributed by atoms with Crippen molar-refractivity contribution in [3.8, 4) is 5.75 Å². The third kappa shape index (κ3) is 4.11. The van der Waals surface area contributed by atoms with Gasteiger partial charge in [-0.3, -0.25) is 14.4 Å². The maximum Gasteiger partial charge on any atom is 0.273 e. The van der Waals surface area contributed by atoms with Crippen molar-refractivity contribution in [2.75, 3.05) is 13.7 Å². The zero-order valence-corrected chi connectivity index (χ0v) is 15.8. The first-order valence-corrected chi connectivity index (χ1v) is 8.81. The fraction of sp³-hybridized carbons (Fsp3) is 0.316. The predicted molar refractivity (Wildman–Crippen MR) is 97.7 cm³/mol. The summed E-state index contributed by atoms with van der Waals surface area (Å²) in [5.41, 5.74) is -1.02. The Morgan fingerprint density at radius 1 is 1.34 bits per heavy atom. The summed E-state index contributed by atoms with van der Waals surface area (Å²) in [7, 11) is 1.22. The number of methoxy groups -OCH3 is 1. The highest BCUT2D eigenvalue weighted by Gasteiger charge is 2.31. The van der Waals surface area contributed by atoms with Crippen LogP contribution in [0.1, 0.15) is 33.3 Å². The van der Waals surface area contributed by atoms with E-state index in [0.717, 1.165) is 6.07 Å². The summed E-state index contributed by atoms with van der Waals surface area (Å²) in [6.45, 7) is 2.03. The van der Waals surface area contributed by atoms with Crippen molar-refractivity contribution < 1.29 is 27.8 Å². The summed E-state index contributed by atoms with van der Waals surface area (Å²) in [4.78, 5) is 37.6. The van der Waals surface area contributed by atoms with E-state index in [2.05, 4.69) is 10.6 Å². The van der Waals surface area contributed by atoms with Crippen molar-refractivity contribution >= 4 is 11.8 Å². The highest BCUT2D eigenvalue weighted by atomic mass is 19.1. The van der Waals surface area contributed by atoms with Crippen molar-refractivity contribution in [3.05, 3.63) is 63.1 Å². The molecule has 1 aliphatic rings. The lowest BCUT2D eigenvalue weighted by atomic mass is 10.1. The van der Waals surface area contributed by atoms with Crippen molar-refractivity contribution in [2.24, 2.45) is 0 Å². The minimum Gasteiger partial charge on any atom is -0.491 e. The van der Waals surface area contributed by atoms with E-state index in [0.29, 0.717) is 12.7 Å². The van der Waals surface area contributed by atoms with Crippen LogP contribution >= 0.6 is 0 Å². The van der Waals surface area contributed by atoms with Crippen LogP contribution in [0.25, 0.3) is 0 Å². The topological polar surface area (TPSA) is 98.7 Å². The highest BCUT2D eigenvalue weighted by Crippen LogP contribution is 2.19. The monoisotopic (exact) mass is 407 g/mol. The Labute approximate surface area is 164 Å². The van der Waals surface area contributed by atoms with Crippen molar-refractivity contribution in [3.63, 3.8) is 0 Å². The molecule has 0 radical (unpaired) electrons. The predicted octanol–water partition coefficient (Wildman–Crippen LogP) is 1.17. The summed E-state index contributed by atoms with van der Waals surface area (Å²) in [5, 5.41) is 5.03. The van der Waals surface area contributed by atoms with Gasteiger partial charge in [-0.2, -0.15) is 0 Å². The minimum absolute atomic E-state index is 0.0189. The molecular weight excluding hydrogens is 388 g/mol. The van der Waals surface area contributed by atoms with Gasteiger partial charge < -0.3 is 24.7 Å². The molecule has 0 fully saturated rings. The van der Waals surface area contributed by atoms with Gasteiger partial charge in [0, 0.05) is 31.0 Å². The lowest BCUT2D eigenvalue weighted by Crippen LogP contribution is -2.47. The number of amides is 2. The van der Waals surface area contributed by atoms with Crippen molar-refractivity contribution in [1.82, 2.24) is 15.2 Å². The van der Waals surface area contributed by atoms with Crippen LogP contribution in [0.5, 0.6) is 5.75 Å². The molecule has 1 unspecified atom stereocenters. The molecule has 8 nitrogen and oxygen atoms in total. The van der Waals surface area contributed by atoms with Gasteiger partial charge >= 0.3 is 0 Å². The fourth-order valence-electron chi connectivity index (χ4n) is 3.04. The molecule has 3 rings (SSSR count). The Hall–Kier alpha value is -3.27. The first kappa shape index (κ1) is 20.5. The van der Waals surface area contributed by atoms with E-state index in [4.69, 9.17) is 9.47 Å². The number of nitrogens with one attached hydrogen (secondary N) is 2. The molecule has 2 amide bonds. The lowest BCUT2D eigenvalue weighted by Gasteiger charge is -2.28. The zero-order chi connectivity index (χ0) is 21.1. The van der Waals surface area contributed by atoms with Crippen LogP contribution in [0, 0.1) is 11.6 Å². The second kappa shape index (κ2) is 8.39. The number of carbonyl (C=O) groups is 2. The summed E-state index contributed by atoms with van der Waals surface area (Å²) >= 11 is 0. The van der Waals surface area contributed by atoms with Gasteiger partial charge in [0.2, 0.25) is 5.43 Å². The van der Waals surface area contributed by atoms with E-state index in [1.165, 1.54) is 23.9 Å². The van der Waals surface area contributed by atoms with E-state index in [1.807, 2.05) is 0 Å².